The third kappa shape index (κ3) is 3.01. The Morgan fingerprint density at radius 2 is 0.923 bits per heavy atom. The quantitative estimate of drug-likeness (QED) is 0.569. The summed E-state index contributed by atoms with van der Waals surface area (Å²) in [5.41, 5.74) is 5.94. The number of hydrogen-bond acceptors (Lipinski definition) is 3. The largest absolute Gasteiger partial charge is 0.508 e. The first-order valence-electron chi connectivity index (χ1n) is 8.68. The second-order valence-corrected chi connectivity index (χ2v) is 6.95. The summed E-state index contributed by atoms with van der Waals surface area (Å²) in [5, 5.41) is 31.4. The summed E-state index contributed by atoms with van der Waals surface area (Å²) >= 11 is 0. The maximum atomic E-state index is 10.8. The Balaban J connectivity index is 2.38. The Kier molecular flexibility index (Phi) is 4.64. The van der Waals surface area contributed by atoms with Crippen LogP contribution in [0.15, 0.2) is 48.5 Å². The van der Waals surface area contributed by atoms with Crippen LogP contribution in [0.3, 0.4) is 0 Å². The van der Waals surface area contributed by atoms with Crippen LogP contribution >= 0.6 is 0 Å². The lowest BCUT2D eigenvalue weighted by atomic mass is 9.79. The van der Waals surface area contributed by atoms with Crippen LogP contribution in [0, 0.1) is 27.7 Å². The first-order chi connectivity index (χ1) is 12.3. The molecule has 26 heavy (non-hydrogen) atoms. The monoisotopic (exact) mass is 348 g/mol. The Bertz CT molecular complexity index is 899. The first kappa shape index (κ1) is 17.9. The predicted octanol–water partition coefficient (Wildman–Crippen LogP) is 5.22. The summed E-state index contributed by atoms with van der Waals surface area (Å²) in [6, 6.07) is 14.7. The van der Waals surface area contributed by atoms with Crippen LogP contribution in [-0.4, -0.2) is 15.3 Å². The molecule has 0 fully saturated rings. The number of benzene rings is 3. The summed E-state index contributed by atoms with van der Waals surface area (Å²) in [6.07, 6.45) is 0. The third-order valence-electron chi connectivity index (χ3n) is 5.08. The van der Waals surface area contributed by atoms with Crippen LogP contribution < -0.4 is 0 Å². The van der Waals surface area contributed by atoms with Gasteiger partial charge in [-0.2, -0.15) is 0 Å². The van der Waals surface area contributed by atoms with Crippen molar-refractivity contribution in [2.24, 2.45) is 0 Å². The van der Waals surface area contributed by atoms with E-state index in [9.17, 15) is 15.3 Å². The third-order valence-corrected chi connectivity index (χ3v) is 5.08. The van der Waals surface area contributed by atoms with E-state index < -0.39 is 0 Å². The maximum absolute atomic E-state index is 10.8. The normalized spacial score (nSPS) is 11.1. The van der Waals surface area contributed by atoms with Crippen LogP contribution in [0.4, 0.5) is 0 Å². The van der Waals surface area contributed by atoms with Crippen LogP contribution in [-0.2, 0) is 0 Å². The van der Waals surface area contributed by atoms with Crippen LogP contribution in [0.2, 0.25) is 0 Å². The Labute approximate surface area is 154 Å². The first-order valence-corrected chi connectivity index (χ1v) is 8.68. The van der Waals surface area contributed by atoms with Crippen LogP contribution in [0.5, 0.6) is 17.2 Å². The van der Waals surface area contributed by atoms with Crippen molar-refractivity contribution in [3.63, 3.8) is 0 Å². The molecule has 3 aromatic rings. The van der Waals surface area contributed by atoms with Gasteiger partial charge in [-0.05, 0) is 67.6 Å². The van der Waals surface area contributed by atoms with Gasteiger partial charge in [-0.15, -0.1) is 0 Å². The van der Waals surface area contributed by atoms with Gasteiger partial charge in [-0.1, -0.05) is 36.4 Å². The van der Waals surface area contributed by atoms with Crippen molar-refractivity contribution >= 4 is 0 Å². The van der Waals surface area contributed by atoms with Gasteiger partial charge in [0.05, 0.1) is 0 Å². The van der Waals surface area contributed by atoms with E-state index in [-0.39, 0.29) is 23.2 Å². The van der Waals surface area contributed by atoms with E-state index in [2.05, 4.69) is 0 Å². The van der Waals surface area contributed by atoms with E-state index in [4.69, 9.17) is 0 Å². The SMILES string of the molecule is Cc1ccc(C)c(C(c2ccc(O)cc2)c2c(C)ccc(C)c2O)c1O. The molecular formula is C23H24O3. The Hall–Kier alpha value is -2.94. The van der Waals surface area contributed by atoms with Crippen molar-refractivity contribution in [1.29, 1.82) is 0 Å². The van der Waals surface area contributed by atoms with E-state index in [0.717, 1.165) is 38.9 Å². The number of phenols is 3. The number of hydrogen-bond donors (Lipinski definition) is 3. The highest BCUT2D eigenvalue weighted by Gasteiger charge is 2.27. The van der Waals surface area contributed by atoms with Gasteiger partial charge in [0, 0.05) is 17.0 Å². The molecule has 0 heterocycles. The highest BCUT2D eigenvalue weighted by Crippen LogP contribution is 2.45. The van der Waals surface area contributed by atoms with Gasteiger partial charge >= 0.3 is 0 Å². The minimum atomic E-state index is -0.338. The maximum Gasteiger partial charge on any atom is 0.122 e. The molecule has 0 spiro atoms. The lowest BCUT2D eigenvalue weighted by molar-refractivity contribution is 0.453. The van der Waals surface area contributed by atoms with Gasteiger partial charge in [0.25, 0.3) is 0 Å². The van der Waals surface area contributed by atoms with Crippen molar-refractivity contribution in [2.75, 3.05) is 0 Å². The average molecular weight is 348 g/mol. The standard InChI is InChI=1S/C23H24O3/c1-13-5-7-15(3)22(25)19(13)21(17-9-11-18(24)12-10-17)20-14(2)6-8-16(4)23(20)26/h5-12,21,24-26H,1-4H3. The molecule has 0 saturated heterocycles. The molecule has 3 nitrogen and oxygen atoms in total. The van der Waals surface area contributed by atoms with Crippen LogP contribution in [0.25, 0.3) is 0 Å². The molecule has 0 aliphatic carbocycles. The van der Waals surface area contributed by atoms with Gasteiger partial charge in [0.2, 0.25) is 0 Å². The van der Waals surface area contributed by atoms with E-state index in [1.54, 1.807) is 12.1 Å². The molecule has 3 heteroatoms. The summed E-state index contributed by atoms with van der Waals surface area (Å²) in [7, 11) is 0. The van der Waals surface area contributed by atoms with Crippen molar-refractivity contribution in [3.05, 3.63) is 87.5 Å². The zero-order chi connectivity index (χ0) is 19.0. The van der Waals surface area contributed by atoms with Crippen molar-refractivity contribution in [3.8, 4) is 17.2 Å². The van der Waals surface area contributed by atoms with Crippen molar-refractivity contribution in [1.82, 2.24) is 0 Å². The van der Waals surface area contributed by atoms with Gasteiger partial charge in [-0.3, -0.25) is 0 Å². The fourth-order valence-electron chi connectivity index (χ4n) is 3.51. The fraction of sp³-hybridized carbons (Fsp3) is 0.217. The second kappa shape index (κ2) is 6.75. The number of phenolic OH excluding ortho intramolecular Hbond substituents is 3. The van der Waals surface area contributed by atoms with E-state index in [1.807, 2.05) is 64.1 Å². The predicted molar refractivity (Wildman–Crippen MR) is 104 cm³/mol. The number of aryl methyl sites for hydroxylation is 4. The molecule has 0 atom stereocenters. The van der Waals surface area contributed by atoms with Crippen LogP contribution in [0.1, 0.15) is 44.9 Å². The molecule has 0 radical (unpaired) electrons. The summed E-state index contributed by atoms with van der Waals surface area (Å²) in [6.45, 7) is 7.67. The zero-order valence-corrected chi connectivity index (χ0v) is 15.5. The minimum Gasteiger partial charge on any atom is -0.508 e. The van der Waals surface area contributed by atoms with Crippen molar-refractivity contribution < 1.29 is 15.3 Å². The Morgan fingerprint density at radius 1 is 0.538 bits per heavy atom. The molecule has 0 unspecified atom stereocenters. The van der Waals surface area contributed by atoms with Gasteiger partial charge in [-0.25, -0.2) is 0 Å². The summed E-state index contributed by atoms with van der Waals surface area (Å²) in [5.74, 6) is 0.324. The van der Waals surface area contributed by atoms with Gasteiger partial charge in [0.15, 0.2) is 0 Å². The molecule has 134 valence electrons. The molecule has 3 N–H and O–H groups in total. The molecule has 0 amide bonds. The van der Waals surface area contributed by atoms with E-state index in [0.29, 0.717) is 0 Å². The second-order valence-electron chi connectivity index (χ2n) is 6.95. The summed E-state index contributed by atoms with van der Waals surface area (Å²) < 4.78 is 0. The lowest BCUT2D eigenvalue weighted by Crippen LogP contribution is -2.09. The van der Waals surface area contributed by atoms with E-state index >= 15 is 0 Å². The summed E-state index contributed by atoms with van der Waals surface area (Å²) in [4.78, 5) is 0. The molecule has 0 aliphatic rings. The number of rotatable bonds is 3. The lowest BCUT2D eigenvalue weighted by Gasteiger charge is -2.26. The van der Waals surface area contributed by atoms with Gasteiger partial charge < -0.3 is 15.3 Å². The highest BCUT2D eigenvalue weighted by molar-refractivity contribution is 5.60. The zero-order valence-electron chi connectivity index (χ0n) is 15.5. The van der Waals surface area contributed by atoms with Crippen molar-refractivity contribution in [2.45, 2.75) is 33.6 Å². The topological polar surface area (TPSA) is 60.7 Å². The molecule has 0 aromatic heterocycles. The molecule has 3 rings (SSSR count). The Morgan fingerprint density at radius 3 is 1.35 bits per heavy atom. The molecular weight excluding hydrogens is 324 g/mol. The molecule has 0 aliphatic heterocycles. The molecule has 0 bridgehead atoms. The average Bonchev–Trinajstić information content (AvgIpc) is 2.61. The highest BCUT2D eigenvalue weighted by atomic mass is 16.3. The number of aromatic hydroxyl groups is 3. The van der Waals surface area contributed by atoms with E-state index in [1.165, 1.54) is 0 Å². The fourth-order valence-corrected chi connectivity index (χ4v) is 3.51. The smallest absolute Gasteiger partial charge is 0.122 e. The van der Waals surface area contributed by atoms with Gasteiger partial charge in [0.1, 0.15) is 17.2 Å². The molecule has 3 aromatic carbocycles. The molecule has 0 saturated carbocycles. The minimum absolute atomic E-state index is 0.183.